The average Bonchev–Trinajstić information content (AvgIpc) is 2.46. The van der Waals surface area contributed by atoms with Crippen LogP contribution in [0.1, 0.15) is 36.8 Å². The van der Waals surface area contributed by atoms with E-state index < -0.39 is 0 Å². The second-order valence-electron chi connectivity index (χ2n) is 4.53. The highest BCUT2D eigenvalue weighted by molar-refractivity contribution is 9.10. The second kappa shape index (κ2) is 6.78. The summed E-state index contributed by atoms with van der Waals surface area (Å²) in [4.78, 5) is 8.59. The summed E-state index contributed by atoms with van der Waals surface area (Å²) in [7, 11) is 0. The summed E-state index contributed by atoms with van der Waals surface area (Å²) < 4.78 is 0.901. The molecule has 4 heteroatoms. The van der Waals surface area contributed by atoms with Gasteiger partial charge >= 0.3 is 0 Å². The summed E-state index contributed by atoms with van der Waals surface area (Å²) in [5.74, 6) is 0.813. The largest absolute Gasteiger partial charge is 0.303 e. The maximum absolute atomic E-state index is 4.30. The van der Waals surface area contributed by atoms with Gasteiger partial charge in [0.1, 0.15) is 5.82 Å². The summed E-state index contributed by atoms with van der Waals surface area (Å²) in [6.45, 7) is 5.06. The van der Waals surface area contributed by atoms with E-state index in [9.17, 15) is 0 Å². The lowest BCUT2D eigenvalue weighted by atomic mass is 10.1. The molecular formula is C15H18BrN3. The van der Waals surface area contributed by atoms with Gasteiger partial charge in [0.05, 0.1) is 10.5 Å². The number of halogens is 1. The third-order valence-electron chi connectivity index (χ3n) is 3.07. The fourth-order valence-electron chi connectivity index (χ4n) is 1.80. The minimum Gasteiger partial charge on any atom is -0.303 e. The number of hydrogen-bond donors (Lipinski definition) is 1. The molecule has 0 aliphatic rings. The standard InChI is InChI=1S/C15H18BrN3/c1-3-12-4-6-13(7-5-12)8-17-11(2)15-18-9-14(16)10-19-15/h4-7,9-11,17H,3,8H2,1-2H3. The zero-order chi connectivity index (χ0) is 13.7. The van der Waals surface area contributed by atoms with E-state index in [1.54, 1.807) is 12.4 Å². The molecule has 100 valence electrons. The molecule has 3 nitrogen and oxygen atoms in total. The predicted octanol–water partition coefficient (Wildman–Crippen LogP) is 3.65. The van der Waals surface area contributed by atoms with Crippen LogP contribution in [0.4, 0.5) is 0 Å². The summed E-state index contributed by atoms with van der Waals surface area (Å²) in [6.07, 6.45) is 4.63. The van der Waals surface area contributed by atoms with Gasteiger partial charge in [-0.05, 0) is 40.4 Å². The molecule has 0 aliphatic heterocycles. The van der Waals surface area contributed by atoms with Gasteiger partial charge in [-0.2, -0.15) is 0 Å². The van der Waals surface area contributed by atoms with Crippen molar-refractivity contribution in [1.82, 2.24) is 15.3 Å². The number of benzene rings is 1. The molecule has 0 radical (unpaired) electrons. The lowest BCUT2D eigenvalue weighted by molar-refractivity contribution is 0.545. The number of nitrogens with zero attached hydrogens (tertiary/aromatic N) is 2. The Morgan fingerprint density at radius 1 is 1.11 bits per heavy atom. The van der Waals surface area contributed by atoms with Crippen molar-refractivity contribution in [3.8, 4) is 0 Å². The number of rotatable bonds is 5. The molecule has 1 heterocycles. The van der Waals surface area contributed by atoms with E-state index in [0.29, 0.717) is 0 Å². The van der Waals surface area contributed by atoms with Crippen LogP contribution >= 0.6 is 15.9 Å². The fourth-order valence-corrected chi connectivity index (χ4v) is 2.01. The normalized spacial score (nSPS) is 12.4. The molecule has 0 amide bonds. The third-order valence-corrected chi connectivity index (χ3v) is 3.48. The first-order valence-corrected chi connectivity index (χ1v) is 7.27. The highest BCUT2D eigenvalue weighted by Gasteiger charge is 2.07. The van der Waals surface area contributed by atoms with Gasteiger partial charge in [-0.1, -0.05) is 31.2 Å². The molecule has 0 bridgehead atoms. The predicted molar refractivity (Wildman–Crippen MR) is 80.8 cm³/mol. The highest BCUT2D eigenvalue weighted by atomic mass is 79.9. The van der Waals surface area contributed by atoms with Crippen LogP contribution in [-0.4, -0.2) is 9.97 Å². The Hall–Kier alpha value is -1.26. The van der Waals surface area contributed by atoms with E-state index in [1.807, 2.05) is 0 Å². The van der Waals surface area contributed by atoms with E-state index in [0.717, 1.165) is 23.3 Å². The Morgan fingerprint density at radius 3 is 2.26 bits per heavy atom. The molecule has 1 aromatic heterocycles. The van der Waals surface area contributed by atoms with Crippen LogP contribution in [-0.2, 0) is 13.0 Å². The van der Waals surface area contributed by atoms with Gasteiger partial charge < -0.3 is 5.32 Å². The molecule has 1 unspecified atom stereocenters. The van der Waals surface area contributed by atoms with Gasteiger partial charge in [-0.25, -0.2) is 9.97 Å². The number of aryl methyl sites for hydroxylation is 1. The SMILES string of the molecule is CCc1ccc(CNC(C)c2ncc(Br)cn2)cc1. The Bertz CT molecular complexity index is 508. The van der Waals surface area contributed by atoms with E-state index in [1.165, 1.54) is 11.1 Å². The van der Waals surface area contributed by atoms with E-state index in [2.05, 4.69) is 69.3 Å². The molecular weight excluding hydrogens is 302 g/mol. The molecule has 1 atom stereocenters. The Morgan fingerprint density at radius 2 is 1.68 bits per heavy atom. The smallest absolute Gasteiger partial charge is 0.144 e. The average molecular weight is 320 g/mol. The van der Waals surface area contributed by atoms with Gasteiger partial charge in [0, 0.05) is 18.9 Å². The topological polar surface area (TPSA) is 37.8 Å². The summed E-state index contributed by atoms with van der Waals surface area (Å²) in [5, 5.41) is 3.43. The molecule has 0 aliphatic carbocycles. The van der Waals surface area contributed by atoms with Crippen LogP contribution in [0.2, 0.25) is 0 Å². The monoisotopic (exact) mass is 319 g/mol. The van der Waals surface area contributed by atoms with Crippen molar-refractivity contribution in [2.45, 2.75) is 32.9 Å². The molecule has 0 spiro atoms. The van der Waals surface area contributed by atoms with E-state index in [4.69, 9.17) is 0 Å². The molecule has 0 fully saturated rings. The Balaban J connectivity index is 1.92. The van der Waals surface area contributed by atoms with Crippen LogP contribution in [0.15, 0.2) is 41.1 Å². The second-order valence-corrected chi connectivity index (χ2v) is 5.45. The number of hydrogen-bond acceptors (Lipinski definition) is 3. The molecule has 1 N–H and O–H groups in total. The van der Waals surface area contributed by atoms with E-state index >= 15 is 0 Å². The van der Waals surface area contributed by atoms with Gasteiger partial charge in [-0.15, -0.1) is 0 Å². The highest BCUT2D eigenvalue weighted by Crippen LogP contribution is 2.11. The van der Waals surface area contributed by atoms with Gasteiger partial charge in [-0.3, -0.25) is 0 Å². The first kappa shape index (κ1) is 14.2. The van der Waals surface area contributed by atoms with Crippen molar-refractivity contribution in [2.75, 3.05) is 0 Å². The van der Waals surface area contributed by atoms with Crippen molar-refractivity contribution in [3.63, 3.8) is 0 Å². The van der Waals surface area contributed by atoms with Gasteiger partial charge in [0.25, 0.3) is 0 Å². The van der Waals surface area contributed by atoms with Crippen molar-refractivity contribution < 1.29 is 0 Å². The van der Waals surface area contributed by atoms with Crippen LogP contribution in [0.5, 0.6) is 0 Å². The van der Waals surface area contributed by atoms with E-state index in [-0.39, 0.29) is 6.04 Å². The Labute approximate surface area is 122 Å². The van der Waals surface area contributed by atoms with Crippen molar-refractivity contribution in [3.05, 3.63) is 58.1 Å². The van der Waals surface area contributed by atoms with Crippen molar-refractivity contribution >= 4 is 15.9 Å². The lowest BCUT2D eigenvalue weighted by Crippen LogP contribution is -2.20. The van der Waals surface area contributed by atoms with Crippen LogP contribution in [0, 0.1) is 0 Å². The molecule has 2 rings (SSSR count). The molecule has 2 aromatic rings. The van der Waals surface area contributed by atoms with Crippen LogP contribution in [0.3, 0.4) is 0 Å². The first-order valence-electron chi connectivity index (χ1n) is 6.47. The number of nitrogens with one attached hydrogen (secondary N) is 1. The Kier molecular flexibility index (Phi) is 5.05. The minimum atomic E-state index is 0.138. The first-order chi connectivity index (χ1) is 9.19. The molecule has 0 saturated heterocycles. The van der Waals surface area contributed by atoms with Crippen LogP contribution < -0.4 is 5.32 Å². The fraction of sp³-hybridized carbons (Fsp3) is 0.333. The number of aromatic nitrogens is 2. The molecule has 1 aromatic carbocycles. The zero-order valence-electron chi connectivity index (χ0n) is 11.2. The lowest BCUT2D eigenvalue weighted by Gasteiger charge is -2.12. The van der Waals surface area contributed by atoms with Gasteiger partial charge in [0.2, 0.25) is 0 Å². The van der Waals surface area contributed by atoms with Crippen molar-refractivity contribution in [2.24, 2.45) is 0 Å². The molecule has 19 heavy (non-hydrogen) atoms. The summed E-state index contributed by atoms with van der Waals surface area (Å²) in [6, 6.07) is 8.83. The summed E-state index contributed by atoms with van der Waals surface area (Å²) >= 11 is 3.34. The third kappa shape index (κ3) is 4.11. The zero-order valence-corrected chi connectivity index (χ0v) is 12.8. The molecule has 0 saturated carbocycles. The maximum atomic E-state index is 4.30. The quantitative estimate of drug-likeness (QED) is 0.914. The van der Waals surface area contributed by atoms with Gasteiger partial charge in [0.15, 0.2) is 0 Å². The summed E-state index contributed by atoms with van der Waals surface area (Å²) in [5.41, 5.74) is 2.65. The van der Waals surface area contributed by atoms with Crippen LogP contribution in [0.25, 0.3) is 0 Å². The maximum Gasteiger partial charge on any atom is 0.144 e. The minimum absolute atomic E-state index is 0.138. The van der Waals surface area contributed by atoms with Crippen molar-refractivity contribution in [1.29, 1.82) is 0 Å².